The van der Waals surface area contributed by atoms with E-state index in [4.69, 9.17) is 11.6 Å². The van der Waals surface area contributed by atoms with Gasteiger partial charge in [0.1, 0.15) is 5.75 Å². The third kappa shape index (κ3) is 3.35. The first-order chi connectivity index (χ1) is 12.4. The fourth-order valence-electron chi connectivity index (χ4n) is 3.92. The Morgan fingerprint density at radius 1 is 1.12 bits per heavy atom. The van der Waals surface area contributed by atoms with E-state index >= 15 is 0 Å². The van der Waals surface area contributed by atoms with Gasteiger partial charge in [-0.25, -0.2) is 0 Å². The molecule has 1 unspecified atom stereocenters. The molecule has 2 aromatic rings. The number of anilines is 1. The number of nitrogens with zero attached hydrogens (tertiary/aromatic N) is 1. The van der Waals surface area contributed by atoms with Gasteiger partial charge in [0.05, 0.1) is 5.02 Å². The average molecular weight is 383 g/mol. The van der Waals surface area contributed by atoms with Crippen molar-refractivity contribution in [1.29, 1.82) is 0 Å². The van der Waals surface area contributed by atoms with Gasteiger partial charge in [0, 0.05) is 35.9 Å². The molecule has 1 atom stereocenters. The minimum absolute atomic E-state index is 0.247. The maximum atomic E-state index is 12.4. The van der Waals surface area contributed by atoms with Crippen LogP contribution in [0.25, 0.3) is 11.1 Å². The number of fused-ring (bicyclic) bond motifs is 3. The molecule has 1 fully saturated rings. The smallest absolute Gasteiger partial charge is 0.406 e. The van der Waals surface area contributed by atoms with Crippen LogP contribution in [0.15, 0.2) is 36.4 Å². The Kier molecular flexibility index (Phi) is 4.49. The first-order valence-corrected chi connectivity index (χ1v) is 8.95. The summed E-state index contributed by atoms with van der Waals surface area (Å²) in [5, 5.41) is 3.66. The number of hydrogen-bond donors (Lipinski definition) is 1. The molecule has 0 saturated carbocycles. The van der Waals surface area contributed by atoms with Crippen molar-refractivity contribution >= 4 is 17.3 Å². The lowest BCUT2D eigenvalue weighted by atomic mass is 9.99. The number of para-hydroxylation sites is 1. The van der Waals surface area contributed by atoms with E-state index < -0.39 is 6.36 Å². The highest BCUT2D eigenvalue weighted by atomic mass is 35.5. The summed E-state index contributed by atoms with van der Waals surface area (Å²) in [7, 11) is 0. The lowest BCUT2D eigenvalue weighted by Crippen LogP contribution is -2.33. The van der Waals surface area contributed by atoms with Crippen molar-refractivity contribution in [3.05, 3.63) is 47.0 Å². The highest BCUT2D eigenvalue weighted by molar-refractivity contribution is 6.33. The van der Waals surface area contributed by atoms with E-state index in [1.165, 1.54) is 17.7 Å². The maximum Gasteiger partial charge on any atom is 0.573 e. The van der Waals surface area contributed by atoms with Crippen molar-refractivity contribution < 1.29 is 17.9 Å². The van der Waals surface area contributed by atoms with Gasteiger partial charge >= 0.3 is 6.36 Å². The normalized spacial score (nSPS) is 19.7. The van der Waals surface area contributed by atoms with Gasteiger partial charge in [-0.1, -0.05) is 29.8 Å². The molecule has 0 aliphatic carbocycles. The van der Waals surface area contributed by atoms with E-state index in [1.807, 2.05) is 12.1 Å². The first-order valence-electron chi connectivity index (χ1n) is 8.57. The van der Waals surface area contributed by atoms with Gasteiger partial charge in [0.15, 0.2) is 0 Å². The summed E-state index contributed by atoms with van der Waals surface area (Å²) in [5.41, 5.74) is 4.08. The van der Waals surface area contributed by atoms with Crippen molar-refractivity contribution in [2.45, 2.75) is 25.2 Å². The molecular weight excluding hydrogens is 365 g/mol. The van der Waals surface area contributed by atoms with Crippen molar-refractivity contribution in [3.63, 3.8) is 0 Å². The van der Waals surface area contributed by atoms with Gasteiger partial charge in [-0.3, -0.25) is 0 Å². The number of benzene rings is 2. The van der Waals surface area contributed by atoms with Crippen LogP contribution in [0.1, 0.15) is 12.0 Å². The van der Waals surface area contributed by atoms with Gasteiger partial charge in [0.2, 0.25) is 0 Å². The van der Waals surface area contributed by atoms with Gasteiger partial charge in [-0.15, -0.1) is 13.2 Å². The van der Waals surface area contributed by atoms with Gasteiger partial charge in [0.25, 0.3) is 0 Å². The number of ether oxygens (including phenoxy) is 1. The molecule has 2 aromatic carbocycles. The summed E-state index contributed by atoms with van der Waals surface area (Å²) in [6, 6.07) is 10.7. The Hall–Kier alpha value is -1.92. The monoisotopic (exact) mass is 382 g/mol. The Balaban J connectivity index is 1.73. The van der Waals surface area contributed by atoms with Crippen molar-refractivity contribution in [2.75, 3.05) is 24.5 Å². The lowest BCUT2D eigenvalue weighted by molar-refractivity contribution is -0.274. The Morgan fingerprint density at radius 3 is 2.73 bits per heavy atom. The topological polar surface area (TPSA) is 24.5 Å². The summed E-state index contributed by atoms with van der Waals surface area (Å²) in [5.74, 6) is -0.310. The molecule has 3 nitrogen and oxygen atoms in total. The number of nitrogens with one attached hydrogen (secondary N) is 1. The Bertz CT molecular complexity index is 825. The lowest BCUT2D eigenvalue weighted by Gasteiger charge is -2.27. The molecule has 2 aliphatic rings. The maximum absolute atomic E-state index is 12.4. The molecule has 1 N–H and O–H groups in total. The minimum atomic E-state index is -4.73. The van der Waals surface area contributed by atoms with Crippen LogP contribution in [-0.2, 0) is 6.42 Å². The van der Waals surface area contributed by atoms with Crippen molar-refractivity contribution in [2.24, 2.45) is 0 Å². The zero-order chi connectivity index (χ0) is 18.3. The van der Waals surface area contributed by atoms with Crippen LogP contribution in [0.3, 0.4) is 0 Å². The zero-order valence-electron chi connectivity index (χ0n) is 13.9. The predicted octanol–water partition coefficient (Wildman–Crippen LogP) is 4.63. The largest absolute Gasteiger partial charge is 0.573 e. The van der Waals surface area contributed by atoms with Crippen molar-refractivity contribution in [1.82, 2.24) is 5.32 Å². The summed E-state index contributed by atoms with van der Waals surface area (Å²) in [4.78, 5) is 2.40. The predicted molar refractivity (Wildman–Crippen MR) is 95.9 cm³/mol. The van der Waals surface area contributed by atoms with E-state index in [1.54, 1.807) is 6.07 Å². The molecule has 2 aliphatic heterocycles. The highest BCUT2D eigenvalue weighted by Gasteiger charge is 2.33. The summed E-state index contributed by atoms with van der Waals surface area (Å²) >= 11 is 6.32. The quantitative estimate of drug-likeness (QED) is 0.819. The SMILES string of the molecule is FC(F)(F)Oc1ccc(-c2cccc3c2N2CCNCCC2C3)c(Cl)c1. The Morgan fingerprint density at radius 2 is 1.96 bits per heavy atom. The molecule has 0 spiro atoms. The van der Waals surface area contributed by atoms with Crippen LogP contribution in [0, 0.1) is 0 Å². The second-order valence-electron chi connectivity index (χ2n) is 6.59. The van der Waals surface area contributed by atoms with Crippen molar-refractivity contribution in [3.8, 4) is 16.9 Å². The van der Waals surface area contributed by atoms with Gasteiger partial charge in [-0.2, -0.15) is 0 Å². The van der Waals surface area contributed by atoms with Crippen LogP contribution < -0.4 is 15.0 Å². The fourth-order valence-corrected chi connectivity index (χ4v) is 4.19. The van der Waals surface area contributed by atoms with Crippen LogP contribution in [-0.4, -0.2) is 32.0 Å². The van der Waals surface area contributed by atoms with Gasteiger partial charge in [-0.05, 0) is 43.1 Å². The number of hydrogen-bond acceptors (Lipinski definition) is 3. The highest BCUT2D eigenvalue weighted by Crippen LogP contribution is 2.44. The third-order valence-corrected chi connectivity index (χ3v) is 5.26. The van der Waals surface area contributed by atoms with Gasteiger partial charge < -0.3 is 15.0 Å². The minimum Gasteiger partial charge on any atom is -0.406 e. The van der Waals surface area contributed by atoms with E-state index in [0.717, 1.165) is 49.3 Å². The summed E-state index contributed by atoms with van der Waals surface area (Å²) < 4.78 is 41.2. The number of rotatable bonds is 2. The van der Waals surface area contributed by atoms with Crippen LogP contribution >= 0.6 is 11.6 Å². The standard InChI is InChI=1S/C19H18ClF3N2O/c20-17-11-14(26-19(21,22)23)4-5-15(17)16-3-1-2-12-10-13-6-7-24-8-9-25(13)18(12)16/h1-5,11,13,24H,6-10H2. The van der Waals surface area contributed by atoms with Crippen LogP contribution in [0.2, 0.25) is 5.02 Å². The summed E-state index contributed by atoms with van der Waals surface area (Å²) in [6.45, 7) is 2.81. The van der Waals surface area contributed by atoms with Crippen LogP contribution in [0.4, 0.5) is 18.9 Å². The van der Waals surface area contributed by atoms with E-state index in [0.29, 0.717) is 6.04 Å². The molecule has 0 radical (unpaired) electrons. The average Bonchev–Trinajstić information content (AvgIpc) is 2.76. The first kappa shape index (κ1) is 17.5. The third-order valence-electron chi connectivity index (χ3n) is 4.95. The molecule has 0 bridgehead atoms. The fraction of sp³-hybridized carbons (Fsp3) is 0.368. The van der Waals surface area contributed by atoms with E-state index in [9.17, 15) is 13.2 Å². The molecule has 1 saturated heterocycles. The molecule has 0 aromatic heterocycles. The second-order valence-corrected chi connectivity index (χ2v) is 7.00. The molecule has 4 rings (SSSR count). The molecule has 26 heavy (non-hydrogen) atoms. The molecular formula is C19H18ClF3N2O. The molecule has 138 valence electrons. The van der Waals surface area contributed by atoms with E-state index in [2.05, 4.69) is 21.0 Å². The summed E-state index contributed by atoms with van der Waals surface area (Å²) in [6.07, 6.45) is -2.68. The molecule has 0 amide bonds. The molecule has 2 heterocycles. The number of alkyl halides is 3. The Labute approximate surface area is 154 Å². The second kappa shape index (κ2) is 6.67. The van der Waals surface area contributed by atoms with Crippen LogP contribution in [0.5, 0.6) is 5.75 Å². The number of halogens is 4. The molecule has 7 heteroatoms. The van der Waals surface area contributed by atoms with E-state index in [-0.39, 0.29) is 10.8 Å². The zero-order valence-corrected chi connectivity index (χ0v) is 14.7.